The molecule has 1 aromatic heterocycles. The molecule has 0 fully saturated rings. The summed E-state index contributed by atoms with van der Waals surface area (Å²) < 4.78 is 6.08. The van der Waals surface area contributed by atoms with E-state index in [4.69, 9.17) is 4.74 Å². The lowest BCUT2D eigenvalue weighted by molar-refractivity contribution is -0.124. The summed E-state index contributed by atoms with van der Waals surface area (Å²) in [5.41, 5.74) is 3.99. The average Bonchev–Trinajstić information content (AvgIpc) is 3.19. The van der Waals surface area contributed by atoms with Crippen LogP contribution < -0.4 is 5.32 Å². The molecule has 0 saturated heterocycles. The molecule has 5 nitrogen and oxygen atoms in total. The van der Waals surface area contributed by atoms with Crippen LogP contribution in [0.3, 0.4) is 0 Å². The smallest absolute Gasteiger partial charge is 0.338 e. The van der Waals surface area contributed by atoms with E-state index in [0.29, 0.717) is 5.56 Å². The second kappa shape index (κ2) is 7.78. The van der Waals surface area contributed by atoms with Crippen molar-refractivity contribution in [3.63, 3.8) is 0 Å². The molecule has 0 aliphatic carbocycles. The molecule has 0 aliphatic heterocycles. The Morgan fingerprint density at radius 2 is 1.93 bits per heavy atom. The number of carbonyl (C=O) groups is 2. The molecular weight excluding hydrogens is 372 g/mol. The summed E-state index contributed by atoms with van der Waals surface area (Å²) in [5.74, 6) is -0.865. The van der Waals surface area contributed by atoms with Gasteiger partial charge in [-0.25, -0.2) is 9.78 Å². The lowest BCUT2D eigenvalue weighted by Crippen LogP contribution is -2.31. The largest absolute Gasteiger partial charge is 0.452 e. The highest BCUT2D eigenvalue weighted by Gasteiger charge is 2.15. The molecule has 0 unspecified atom stereocenters. The van der Waals surface area contributed by atoms with E-state index in [1.165, 1.54) is 11.3 Å². The number of esters is 1. The number of aromatic nitrogens is 1. The molecule has 0 saturated carbocycles. The van der Waals surface area contributed by atoms with Gasteiger partial charge in [0.25, 0.3) is 5.91 Å². The third-order valence-electron chi connectivity index (χ3n) is 4.57. The number of benzene rings is 3. The number of hydrogen-bond donors (Lipinski definition) is 1. The van der Waals surface area contributed by atoms with Crippen molar-refractivity contribution in [1.82, 2.24) is 10.3 Å². The number of nitrogens with one attached hydrogen (secondary N) is 1. The van der Waals surface area contributed by atoms with Crippen molar-refractivity contribution < 1.29 is 14.3 Å². The second-order valence-corrected chi connectivity index (χ2v) is 7.35. The monoisotopic (exact) mass is 390 g/mol. The van der Waals surface area contributed by atoms with Crippen LogP contribution in [0.5, 0.6) is 0 Å². The van der Waals surface area contributed by atoms with Crippen LogP contribution >= 0.6 is 11.3 Å². The lowest BCUT2D eigenvalue weighted by Gasteiger charge is -2.16. The fraction of sp³-hybridized carbons (Fsp3) is 0.136. The van der Waals surface area contributed by atoms with E-state index in [0.717, 1.165) is 26.6 Å². The highest BCUT2D eigenvalue weighted by atomic mass is 32.1. The van der Waals surface area contributed by atoms with Crippen molar-refractivity contribution in [3.05, 3.63) is 77.3 Å². The Balaban J connectivity index is 1.39. The molecular formula is C22H18N2O3S. The van der Waals surface area contributed by atoms with Gasteiger partial charge in [-0.3, -0.25) is 4.79 Å². The lowest BCUT2D eigenvalue weighted by atomic mass is 10.00. The van der Waals surface area contributed by atoms with Crippen molar-refractivity contribution in [2.45, 2.75) is 13.0 Å². The Kier molecular flexibility index (Phi) is 5.04. The zero-order valence-electron chi connectivity index (χ0n) is 15.2. The van der Waals surface area contributed by atoms with Gasteiger partial charge in [0.1, 0.15) is 0 Å². The summed E-state index contributed by atoms with van der Waals surface area (Å²) in [7, 11) is 0. The van der Waals surface area contributed by atoms with Gasteiger partial charge in [0.15, 0.2) is 6.61 Å². The van der Waals surface area contributed by atoms with Crippen LogP contribution in [0.2, 0.25) is 0 Å². The Bertz CT molecular complexity index is 1160. The number of thiazole rings is 1. The molecule has 3 aromatic carbocycles. The van der Waals surface area contributed by atoms with Crippen LogP contribution in [-0.4, -0.2) is 23.5 Å². The minimum atomic E-state index is -0.525. The SMILES string of the molecule is C[C@@H](NC(=O)COC(=O)c1ccc2ncsc2c1)c1cccc2ccccc12. The van der Waals surface area contributed by atoms with E-state index < -0.39 is 5.97 Å². The molecule has 1 amide bonds. The number of ether oxygens (including phenoxy) is 1. The Morgan fingerprint density at radius 1 is 1.11 bits per heavy atom. The van der Waals surface area contributed by atoms with Crippen molar-refractivity contribution in [1.29, 1.82) is 0 Å². The number of amides is 1. The van der Waals surface area contributed by atoms with Crippen LogP contribution in [0, 0.1) is 0 Å². The van der Waals surface area contributed by atoms with Gasteiger partial charge < -0.3 is 10.1 Å². The standard InChI is InChI=1S/C22H18N2O3S/c1-14(17-8-4-6-15-5-2-3-7-18(15)17)24-21(25)12-27-22(26)16-9-10-19-20(11-16)28-13-23-19/h2-11,13-14H,12H2,1H3,(H,24,25)/t14-/m1/s1. The van der Waals surface area contributed by atoms with Gasteiger partial charge in [-0.15, -0.1) is 11.3 Å². The third kappa shape index (κ3) is 3.73. The van der Waals surface area contributed by atoms with E-state index >= 15 is 0 Å². The highest BCUT2D eigenvalue weighted by molar-refractivity contribution is 7.16. The summed E-state index contributed by atoms with van der Waals surface area (Å²) >= 11 is 1.45. The molecule has 1 N–H and O–H groups in total. The van der Waals surface area contributed by atoms with Gasteiger partial charge in [0, 0.05) is 0 Å². The Hall–Kier alpha value is -3.25. The van der Waals surface area contributed by atoms with E-state index in [1.54, 1.807) is 23.7 Å². The molecule has 0 spiro atoms. The Labute approximate surface area is 166 Å². The van der Waals surface area contributed by atoms with Gasteiger partial charge in [-0.2, -0.15) is 0 Å². The first-order chi connectivity index (χ1) is 13.6. The van der Waals surface area contributed by atoms with Crippen LogP contribution in [0.25, 0.3) is 21.0 Å². The van der Waals surface area contributed by atoms with E-state index in [9.17, 15) is 9.59 Å². The normalized spacial score (nSPS) is 12.0. The number of hydrogen-bond acceptors (Lipinski definition) is 5. The fourth-order valence-electron chi connectivity index (χ4n) is 3.19. The summed E-state index contributed by atoms with van der Waals surface area (Å²) in [6.45, 7) is 1.59. The third-order valence-corrected chi connectivity index (χ3v) is 5.36. The molecule has 4 rings (SSSR count). The predicted octanol–water partition coefficient (Wildman–Crippen LogP) is 4.48. The first-order valence-corrected chi connectivity index (χ1v) is 9.77. The molecule has 28 heavy (non-hydrogen) atoms. The molecule has 140 valence electrons. The number of nitrogens with zero attached hydrogens (tertiary/aromatic N) is 1. The van der Waals surface area contributed by atoms with E-state index in [-0.39, 0.29) is 18.6 Å². The molecule has 0 aliphatic rings. The van der Waals surface area contributed by atoms with Gasteiger partial charge in [-0.05, 0) is 41.5 Å². The van der Waals surface area contributed by atoms with Crippen LogP contribution in [-0.2, 0) is 9.53 Å². The maximum absolute atomic E-state index is 12.3. The van der Waals surface area contributed by atoms with Crippen LogP contribution in [0.1, 0.15) is 28.9 Å². The Morgan fingerprint density at radius 3 is 2.82 bits per heavy atom. The van der Waals surface area contributed by atoms with E-state index in [2.05, 4.69) is 10.3 Å². The van der Waals surface area contributed by atoms with Crippen molar-refractivity contribution in [2.75, 3.05) is 6.61 Å². The number of carbonyl (C=O) groups excluding carboxylic acids is 2. The number of fused-ring (bicyclic) bond motifs is 2. The zero-order chi connectivity index (χ0) is 19.5. The summed E-state index contributed by atoms with van der Waals surface area (Å²) in [6, 6.07) is 19.0. The van der Waals surface area contributed by atoms with Gasteiger partial charge in [0.2, 0.25) is 0 Å². The van der Waals surface area contributed by atoms with E-state index in [1.807, 2.05) is 49.4 Å². The molecule has 1 atom stereocenters. The topological polar surface area (TPSA) is 68.3 Å². The predicted molar refractivity (Wildman–Crippen MR) is 110 cm³/mol. The molecule has 0 radical (unpaired) electrons. The second-order valence-electron chi connectivity index (χ2n) is 6.47. The maximum Gasteiger partial charge on any atom is 0.338 e. The van der Waals surface area contributed by atoms with Crippen molar-refractivity contribution in [3.8, 4) is 0 Å². The zero-order valence-corrected chi connectivity index (χ0v) is 16.0. The minimum absolute atomic E-state index is 0.203. The fourth-order valence-corrected chi connectivity index (χ4v) is 3.90. The molecule has 4 aromatic rings. The minimum Gasteiger partial charge on any atom is -0.452 e. The van der Waals surface area contributed by atoms with Crippen molar-refractivity contribution >= 4 is 44.2 Å². The summed E-state index contributed by atoms with van der Waals surface area (Å²) in [4.78, 5) is 28.7. The van der Waals surface area contributed by atoms with Crippen molar-refractivity contribution in [2.24, 2.45) is 0 Å². The highest BCUT2D eigenvalue weighted by Crippen LogP contribution is 2.24. The van der Waals surface area contributed by atoms with Crippen LogP contribution in [0.15, 0.2) is 66.2 Å². The van der Waals surface area contributed by atoms with Crippen LogP contribution in [0.4, 0.5) is 0 Å². The first-order valence-electron chi connectivity index (χ1n) is 8.89. The van der Waals surface area contributed by atoms with Gasteiger partial charge in [0.05, 0.1) is 27.3 Å². The molecule has 0 bridgehead atoms. The summed E-state index contributed by atoms with van der Waals surface area (Å²) in [6.07, 6.45) is 0. The quantitative estimate of drug-likeness (QED) is 0.510. The summed E-state index contributed by atoms with van der Waals surface area (Å²) in [5, 5.41) is 5.10. The molecule has 6 heteroatoms. The average molecular weight is 390 g/mol. The number of rotatable bonds is 5. The maximum atomic E-state index is 12.3. The molecule has 1 heterocycles. The van der Waals surface area contributed by atoms with Gasteiger partial charge in [-0.1, -0.05) is 42.5 Å². The van der Waals surface area contributed by atoms with Gasteiger partial charge >= 0.3 is 5.97 Å². The first kappa shape index (κ1) is 18.1.